The Hall–Kier alpha value is 0.452. The summed E-state index contributed by atoms with van der Waals surface area (Å²) in [5, 5.41) is 17.0. The molecule has 0 aromatic carbocycles. The monoisotopic (exact) mass is 102 g/mol. The van der Waals surface area contributed by atoms with Gasteiger partial charge in [-0.3, -0.25) is 0 Å². The molecule has 1 unspecified atom stereocenters. The zero-order valence-corrected chi connectivity index (χ0v) is 4.62. The predicted octanol–water partition coefficient (Wildman–Crippen LogP) is -1.07. The molecule has 6 heavy (non-hydrogen) atoms. The minimum atomic E-state index is -0.546. The molecule has 0 spiro atoms. The SMILES string of the molecule is OCC(O)[CH2][Al+2]. The molecule has 0 aliphatic heterocycles. The summed E-state index contributed by atoms with van der Waals surface area (Å²) >= 11 is 2.33. The van der Waals surface area contributed by atoms with Crippen LogP contribution >= 0.6 is 0 Å². The van der Waals surface area contributed by atoms with Crippen LogP contribution in [0.5, 0.6) is 0 Å². The Kier molecular flexibility index (Phi) is 3.91. The van der Waals surface area contributed by atoms with Crippen LogP contribution < -0.4 is 0 Å². The van der Waals surface area contributed by atoms with Crippen molar-refractivity contribution in [2.24, 2.45) is 0 Å². The average molecular weight is 102 g/mol. The molecule has 2 nitrogen and oxygen atoms in total. The van der Waals surface area contributed by atoms with E-state index in [1.807, 2.05) is 0 Å². The Morgan fingerprint density at radius 1 is 1.67 bits per heavy atom. The van der Waals surface area contributed by atoms with Crippen molar-refractivity contribution in [3.05, 3.63) is 0 Å². The van der Waals surface area contributed by atoms with E-state index in [0.717, 1.165) is 0 Å². The van der Waals surface area contributed by atoms with Crippen LogP contribution in [0.4, 0.5) is 0 Å². The average Bonchev–Trinajstić information content (AvgIpc) is 1.65. The van der Waals surface area contributed by atoms with Gasteiger partial charge in [-0.25, -0.2) is 0 Å². The summed E-state index contributed by atoms with van der Waals surface area (Å²) in [6, 6.07) is 0. The molecular formula is C3H7AlO2+2. The zero-order chi connectivity index (χ0) is 4.99. The molecule has 0 rings (SSSR count). The third kappa shape index (κ3) is 2.68. The van der Waals surface area contributed by atoms with Gasteiger partial charge < -0.3 is 0 Å². The number of hydrogen-bond acceptors (Lipinski definition) is 2. The van der Waals surface area contributed by atoms with Gasteiger partial charge in [0.2, 0.25) is 0 Å². The van der Waals surface area contributed by atoms with Crippen LogP contribution in [-0.2, 0) is 0 Å². The number of aliphatic hydroxyl groups excluding tert-OH is 2. The van der Waals surface area contributed by atoms with Crippen LogP contribution in [0.25, 0.3) is 0 Å². The second kappa shape index (κ2) is 3.64. The van der Waals surface area contributed by atoms with E-state index < -0.39 is 6.10 Å². The summed E-state index contributed by atoms with van der Waals surface area (Å²) in [4.78, 5) is 0. The van der Waals surface area contributed by atoms with E-state index in [2.05, 4.69) is 16.3 Å². The predicted molar refractivity (Wildman–Crippen MR) is 23.7 cm³/mol. The summed E-state index contributed by atoms with van der Waals surface area (Å²) < 4.78 is 0. The van der Waals surface area contributed by atoms with E-state index in [-0.39, 0.29) is 6.61 Å². The van der Waals surface area contributed by atoms with Gasteiger partial charge in [-0.15, -0.1) is 0 Å². The minimum absolute atomic E-state index is 0.135. The molecule has 0 aromatic heterocycles. The van der Waals surface area contributed by atoms with Gasteiger partial charge >= 0.3 is 44.5 Å². The summed E-state index contributed by atoms with van der Waals surface area (Å²) in [5.74, 6) is 0. The maximum absolute atomic E-state index is 8.40. The van der Waals surface area contributed by atoms with Gasteiger partial charge in [0.25, 0.3) is 0 Å². The van der Waals surface area contributed by atoms with Crippen LogP contribution in [0.2, 0.25) is 5.28 Å². The van der Waals surface area contributed by atoms with Crippen molar-refractivity contribution in [1.82, 2.24) is 0 Å². The van der Waals surface area contributed by atoms with Gasteiger partial charge in [-0.05, 0) is 0 Å². The van der Waals surface area contributed by atoms with Crippen molar-refractivity contribution in [1.29, 1.82) is 0 Å². The fourth-order valence-electron chi connectivity index (χ4n) is 0.0745. The van der Waals surface area contributed by atoms with Crippen molar-refractivity contribution >= 4 is 16.3 Å². The first-order valence-corrected chi connectivity index (χ1v) is 2.62. The third-order valence-corrected chi connectivity index (χ3v) is 1.03. The summed E-state index contributed by atoms with van der Waals surface area (Å²) in [6.45, 7) is -0.135. The number of aliphatic hydroxyl groups is 2. The summed E-state index contributed by atoms with van der Waals surface area (Å²) in [5.41, 5.74) is 0. The summed E-state index contributed by atoms with van der Waals surface area (Å²) in [6.07, 6.45) is -0.546. The van der Waals surface area contributed by atoms with E-state index in [1.165, 1.54) is 0 Å². The second-order valence-corrected chi connectivity index (χ2v) is 1.54. The van der Waals surface area contributed by atoms with E-state index in [4.69, 9.17) is 10.2 Å². The number of hydrogen-bond donors (Lipinski definition) is 2. The Morgan fingerprint density at radius 2 is 2.17 bits per heavy atom. The van der Waals surface area contributed by atoms with Crippen LogP contribution in [0.1, 0.15) is 0 Å². The first-order chi connectivity index (χ1) is 2.81. The van der Waals surface area contributed by atoms with Crippen LogP contribution in [0.15, 0.2) is 0 Å². The normalized spacial score (nSPS) is 14.7. The Morgan fingerprint density at radius 3 is 2.17 bits per heavy atom. The van der Waals surface area contributed by atoms with Gasteiger partial charge in [0, 0.05) is 0 Å². The van der Waals surface area contributed by atoms with Gasteiger partial charge in [-0.2, -0.15) is 0 Å². The van der Waals surface area contributed by atoms with Crippen molar-refractivity contribution in [2.75, 3.05) is 6.61 Å². The Labute approximate surface area is 45.2 Å². The maximum atomic E-state index is 8.40. The van der Waals surface area contributed by atoms with Crippen LogP contribution in [-0.4, -0.2) is 39.2 Å². The van der Waals surface area contributed by atoms with E-state index in [1.54, 1.807) is 0 Å². The first kappa shape index (κ1) is 6.45. The van der Waals surface area contributed by atoms with Gasteiger partial charge in [-0.1, -0.05) is 0 Å². The van der Waals surface area contributed by atoms with Crippen molar-refractivity contribution in [3.63, 3.8) is 0 Å². The molecule has 0 radical (unpaired) electrons. The van der Waals surface area contributed by atoms with E-state index in [0.29, 0.717) is 5.28 Å². The topological polar surface area (TPSA) is 40.5 Å². The standard InChI is InChI=1S/C3H7O2.Al/c1-3(5)2-4;/h3-5H,1-2H2;/q;+2. The fraction of sp³-hybridized carbons (Fsp3) is 1.00. The molecule has 32 valence electrons. The molecule has 0 saturated carbocycles. The third-order valence-electron chi connectivity index (χ3n) is 0.483. The van der Waals surface area contributed by atoms with Crippen molar-refractivity contribution in [2.45, 2.75) is 11.4 Å². The molecule has 0 fully saturated rings. The molecule has 0 saturated heterocycles. The van der Waals surface area contributed by atoms with E-state index in [9.17, 15) is 0 Å². The van der Waals surface area contributed by atoms with Gasteiger partial charge in [0.15, 0.2) is 0 Å². The van der Waals surface area contributed by atoms with E-state index >= 15 is 0 Å². The molecular weight excluding hydrogens is 95.0 g/mol. The van der Waals surface area contributed by atoms with Crippen LogP contribution in [0, 0.1) is 0 Å². The van der Waals surface area contributed by atoms with Gasteiger partial charge in [0.05, 0.1) is 0 Å². The number of rotatable bonds is 2. The summed E-state index contributed by atoms with van der Waals surface area (Å²) in [7, 11) is 0. The molecule has 3 heteroatoms. The molecule has 0 aliphatic rings. The van der Waals surface area contributed by atoms with Crippen molar-refractivity contribution < 1.29 is 10.2 Å². The quantitative estimate of drug-likeness (QED) is 0.436. The molecule has 0 amide bonds. The Balaban J connectivity index is 2.75. The second-order valence-electron chi connectivity index (χ2n) is 1.07. The Bertz CT molecular complexity index is 28.0. The first-order valence-electron chi connectivity index (χ1n) is 1.80. The molecule has 0 aromatic rings. The van der Waals surface area contributed by atoms with Crippen molar-refractivity contribution in [3.8, 4) is 0 Å². The molecule has 0 heterocycles. The molecule has 0 aliphatic carbocycles. The van der Waals surface area contributed by atoms with Crippen LogP contribution in [0.3, 0.4) is 0 Å². The molecule has 0 bridgehead atoms. The molecule has 1 atom stereocenters. The fourth-order valence-corrected chi connectivity index (χ4v) is 0.224. The van der Waals surface area contributed by atoms with Gasteiger partial charge in [0.1, 0.15) is 0 Å². The molecule has 2 N–H and O–H groups in total. The zero-order valence-electron chi connectivity index (χ0n) is 3.46.